The Kier molecular flexibility index (Phi) is 2.40. The van der Waals surface area contributed by atoms with Crippen LogP contribution in [0.1, 0.15) is 11.4 Å². The first-order valence-electron chi connectivity index (χ1n) is 2.96. The third kappa shape index (κ3) is 1.66. The van der Waals surface area contributed by atoms with Gasteiger partial charge in [0.15, 0.2) is 12.3 Å². The van der Waals surface area contributed by atoms with Gasteiger partial charge in [-0.25, -0.2) is 9.78 Å². The molecule has 6 heteroatoms. The van der Waals surface area contributed by atoms with E-state index in [4.69, 9.17) is 0 Å². The maximum Gasteiger partial charge on any atom is 0.249 e. The molecule has 0 aliphatic rings. The van der Waals surface area contributed by atoms with E-state index in [0.717, 1.165) is 0 Å². The van der Waals surface area contributed by atoms with Gasteiger partial charge >= 0.3 is 0 Å². The van der Waals surface area contributed by atoms with Crippen LogP contribution in [0.5, 0.6) is 0 Å². The second kappa shape index (κ2) is 3.31. The predicted molar refractivity (Wildman–Crippen MR) is 32.0 cm³/mol. The number of hydrogen-bond donors (Lipinski definition) is 0. The zero-order valence-corrected chi connectivity index (χ0v) is 6.23. The summed E-state index contributed by atoms with van der Waals surface area (Å²) in [5, 5.41) is 14.0. The second-order valence-electron chi connectivity index (χ2n) is 1.89. The van der Waals surface area contributed by atoms with Crippen molar-refractivity contribution in [2.45, 2.75) is 13.5 Å². The van der Waals surface area contributed by atoms with Crippen LogP contribution in [0.3, 0.4) is 0 Å². The van der Waals surface area contributed by atoms with Crippen LogP contribution < -0.4 is 4.90 Å². The van der Waals surface area contributed by atoms with Gasteiger partial charge in [0.1, 0.15) is 0 Å². The molecule has 0 atom stereocenters. The van der Waals surface area contributed by atoms with Gasteiger partial charge in [0.2, 0.25) is 5.69 Å². The smallest absolute Gasteiger partial charge is 0.249 e. The van der Waals surface area contributed by atoms with Crippen LogP contribution in [-0.2, 0) is 16.4 Å². The third-order valence-corrected chi connectivity index (χ3v) is 1.23. The summed E-state index contributed by atoms with van der Waals surface area (Å²) in [5.74, 6) is 0. The SMILES string of the molecule is COOCc1no[n+]([O-])c1C. The molecule has 0 aliphatic carbocycles. The van der Waals surface area contributed by atoms with Crippen molar-refractivity contribution in [1.82, 2.24) is 5.16 Å². The van der Waals surface area contributed by atoms with Gasteiger partial charge in [-0.1, -0.05) is 0 Å². The van der Waals surface area contributed by atoms with Crippen molar-refractivity contribution < 1.29 is 19.3 Å². The molecule has 0 spiro atoms. The highest BCUT2D eigenvalue weighted by atomic mass is 17.2. The van der Waals surface area contributed by atoms with Crippen molar-refractivity contribution in [3.63, 3.8) is 0 Å². The van der Waals surface area contributed by atoms with Gasteiger partial charge < -0.3 is 5.21 Å². The monoisotopic (exact) mass is 160 g/mol. The first kappa shape index (κ1) is 7.96. The normalized spacial score (nSPS) is 10.4. The summed E-state index contributed by atoms with van der Waals surface area (Å²) in [4.78, 5) is 9.17. The van der Waals surface area contributed by atoms with E-state index in [2.05, 4.69) is 19.6 Å². The fourth-order valence-electron chi connectivity index (χ4n) is 0.565. The molecular formula is C5H8N2O4. The van der Waals surface area contributed by atoms with Crippen molar-refractivity contribution in [2.75, 3.05) is 7.11 Å². The van der Waals surface area contributed by atoms with Crippen LogP contribution in [0.4, 0.5) is 0 Å². The summed E-state index contributed by atoms with van der Waals surface area (Å²) < 4.78 is 4.27. The predicted octanol–water partition coefficient (Wildman–Crippen LogP) is -0.306. The maximum atomic E-state index is 10.6. The van der Waals surface area contributed by atoms with Gasteiger partial charge in [-0.3, -0.25) is 4.63 Å². The molecule has 0 bridgehead atoms. The molecule has 6 nitrogen and oxygen atoms in total. The van der Waals surface area contributed by atoms with Gasteiger partial charge in [-0.2, -0.15) is 0 Å². The first-order chi connectivity index (χ1) is 5.25. The van der Waals surface area contributed by atoms with Crippen molar-refractivity contribution in [1.29, 1.82) is 0 Å². The Hall–Kier alpha value is -1.14. The average molecular weight is 160 g/mol. The highest BCUT2D eigenvalue weighted by molar-refractivity contribution is 4.98. The lowest BCUT2D eigenvalue weighted by Crippen LogP contribution is -2.26. The zero-order valence-electron chi connectivity index (χ0n) is 6.23. The number of rotatable bonds is 3. The fourth-order valence-corrected chi connectivity index (χ4v) is 0.565. The fraction of sp³-hybridized carbons (Fsp3) is 0.600. The third-order valence-electron chi connectivity index (χ3n) is 1.23. The summed E-state index contributed by atoms with van der Waals surface area (Å²) in [6.07, 6.45) is 0. The van der Waals surface area contributed by atoms with E-state index in [0.29, 0.717) is 16.3 Å². The largest absolute Gasteiger partial charge is 0.359 e. The quantitative estimate of drug-likeness (QED) is 0.344. The number of hydrogen-bond acceptors (Lipinski definition) is 5. The summed E-state index contributed by atoms with van der Waals surface area (Å²) in [6, 6.07) is 0. The summed E-state index contributed by atoms with van der Waals surface area (Å²) in [5.41, 5.74) is 0.809. The van der Waals surface area contributed by atoms with Gasteiger partial charge in [0.05, 0.1) is 7.11 Å². The molecule has 62 valence electrons. The van der Waals surface area contributed by atoms with E-state index in [-0.39, 0.29) is 6.61 Å². The van der Waals surface area contributed by atoms with Gasteiger partial charge in [0, 0.05) is 12.1 Å². The molecule has 1 aromatic heterocycles. The van der Waals surface area contributed by atoms with Crippen molar-refractivity contribution in [3.05, 3.63) is 16.6 Å². The van der Waals surface area contributed by atoms with Crippen molar-refractivity contribution in [3.8, 4) is 0 Å². The Morgan fingerprint density at radius 1 is 1.73 bits per heavy atom. The Bertz CT molecular complexity index is 234. The Morgan fingerprint density at radius 3 is 2.91 bits per heavy atom. The molecule has 0 fully saturated rings. The second-order valence-corrected chi connectivity index (χ2v) is 1.89. The minimum absolute atomic E-state index is 0.112. The highest BCUT2D eigenvalue weighted by Crippen LogP contribution is 1.99. The van der Waals surface area contributed by atoms with Crippen LogP contribution in [0.25, 0.3) is 0 Å². The molecule has 0 aliphatic heterocycles. The Balaban J connectivity index is 2.63. The van der Waals surface area contributed by atoms with E-state index in [9.17, 15) is 5.21 Å². The van der Waals surface area contributed by atoms with Crippen LogP contribution >= 0.6 is 0 Å². The molecule has 1 aromatic rings. The molecule has 0 radical (unpaired) electrons. The van der Waals surface area contributed by atoms with E-state index >= 15 is 0 Å². The number of nitrogens with zero attached hydrogens (tertiary/aromatic N) is 2. The van der Waals surface area contributed by atoms with Gasteiger partial charge in [-0.15, -0.1) is 0 Å². The van der Waals surface area contributed by atoms with E-state index in [1.54, 1.807) is 6.92 Å². The van der Waals surface area contributed by atoms with E-state index in [1.165, 1.54) is 7.11 Å². The van der Waals surface area contributed by atoms with Crippen LogP contribution in [0, 0.1) is 12.1 Å². The zero-order chi connectivity index (χ0) is 8.27. The molecule has 1 heterocycles. The molecule has 0 aromatic carbocycles. The molecule has 0 amide bonds. The minimum atomic E-state index is 0.112. The van der Waals surface area contributed by atoms with Crippen LogP contribution in [-0.4, -0.2) is 12.3 Å². The highest BCUT2D eigenvalue weighted by Gasteiger charge is 2.13. The Labute approximate surface area is 62.8 Å². The van der Waals surface area contributed by atoms with Crippen molar-refractivity contribution in [2.24, 2.45) is 0 Å². The van der Waals surface area contributed by atoms with E-state index in [1.807, 2.05) is 0 Å². The van der Waals surface area contributed by atoms with Crippen LogP contribution in [0.15, 0.2) is 4.63 Å². The maximum absolute atomic E-state index is 10.6. The summed E-state index contributed by atoms with van der Waals surface area (Å²) in [7, 11) is 1.38. The standard InChI is InChI=1S/C5H8N2O4/c1-4-5(3-10-9-2)6-11-7(4)8/h3H2,1-2H3. The topological polar surface area (TPSA) is 71.4 Å². The lowest BCUT2D eigenvalue weighted by molar-refractivity contribution is -0.807. The molecule has 0 saturated heterocycles. The van der Waals surface area contributed by atoms with Gasteiger partial charge in [0.25, 0.3) is 0 Å². The van der Waals surface area contributed by atoms with Crippen molar-refractivity contribution >= 4 is 0 Å². The van der Waals surface area contributed by atoms with Crippen LogP contribution in [0.2, 0.25) is 0 Å². The molecule has 0 N–H and O–H groups in total. The lowest BCUT2D eigenvalue weighted by atomic mass is 10.4. The van der Waals surface area contributed by atoms with Gasteiger partial charge in [-0.05, 0) is 4.90 Å². The summed E-state index contributed by atoms with van der Waals surface area (Å²) in [6.45, 7) is 1.69. The number of aromatic nitrogens is 2. The molecule has 0 saturated carbocycles. The lowest BCUT2D eigenvalue weighted by Gasteiger charge is -1.91. The molecule has 11 heavy (non-hydrogen) atoms. The average Bonchev–Trinajstić information content (AvgIpc) is 2.31. The molecule has 0 unspecified atom stereocenters. The molecule has 1 rings (SSSR count). The minimum Gasteiger partial charge on any atom is -0.359 e. The first-order valence-corrected chi connectivity index (χ1v) is 2.96. The Morgan fingerprint density at radius 2 is 2.45 bits per heavy atom. The molecular weight excluding hydrogens is 152 g/mol. The summed E-state index contributed by atoms with van der Waals surface area (Å²) >= 11 is 0. The van der Waals surface area contributed by atoms with E-state index < -0.39 is 0 Å².